The van der Waals surface area contributed by atoms with Crippen molar-refractivity contribution in [3.63, 3.8) is 0 Å². The third kappa shape index (κ3) is 3.19. The lowest BCUT2D eigenvalue weighted by atomic mass is 10.1. The number of aromatic amines is 1. The molecule has 0 fully saturated rings. The summed E-state index contributed by atoms with van der Waals surface area (Å²) in [7, 11) is 0. The summed E-state index contributed by atoms with van der Waals surface area (Å²) in [5, 5.41) is 10.5. The number of hydrogen-bond donors (Lipinski definition) is 2. The van der Waals surface area contributed by atoms with Crippen LogP contribution < -0.4 is 10.9 Å². The third-order valence-electron chi connectivity index (χ3n) is 4.65. The number of hydrogen-bond acceptors (Lipinski definition) is 5. The molecule has 0 spiro atoms. The molecule has 0 bridgehead atoms. The largest absolute Gasteiger partial charge is 0.320 e. The van der Waals surface area contributed by atoms with E-state index in [4.69, 9.17) is 0 Å². The molecule has 0 saturated carbocycles. The van der Waals surface area contributed by atoms with Crippen molar-refractivity contribution in [2.75, 3.05) is 5.32 Å². The predicted molar refractivity (Wildman–Crippen MR) is 113 cm³/mol. The van der Waals surface area contributed by atoms with E-state index in [2.05, 4.69) is 20.5 Å². The number of benzene rings is 2. The first-order chi connectivity index (χ1) is 14.2. The van der Waals surface area contributed by atoms with Crippen molar-refractivity contribution >= 4 is 38.8 Å². The number of carbonyl (C=O) groups is 1. The number of nitrogens with zero attached hydrogens (tertiary/aromatic N) is 3. The van der Waals surface area contributed by atoms with Gasteiger partial charge in [-0.2, -0.15) is 5.10 Å². The summed E-state index contributed by atoms with van der Waals surface area (Å²) >= 11 is 1.44. The zero-order valence-corrected chi connectivity index (χ0v) is 15.9. The molecule has 7 nitrogen and oxygen atoms in total. The van der Waals surface area contributed by atoms with Gasteiger partial charge in [-0.15, -0.1) is 11.3 Å². The molecule has 1 amide bonds. The second-order valence-electron chi connectivity index (χ2n) is 6.58. The number of para-hydroxylation sites is 1. The Bertz CT molecular complexity index is 1400. The van der Waals surface area contributed by atoms with Crippen LogP contribution in [0.4, 0.5) is 5.69 Å². The number of aromatic nitrogens is 4. The Morgan fingerprint density at radius 3 is 2.83 bits per heavy atom. The van der Waals surface area contributed by atoms with Gasteiger partial charge >= 0.3 is 0 Å². The number of nitrogens with one attached hydrogen (secondary N) is 2. The van der Waals surface area contributed by atoms with E-state index in [9.17, 15) is 9.59 Å². The van der Waals surface area contributed by atoms with E-state index in [1.807, 2.05) is 42.5 Å². The minimum Gasteiger partial charge on any atom is -0.320 e. The van der Waals surface area contributed by atoms with E-state index >= 15 is 0 Å². The summed E-state index contributed by atoms with van der Waals surface area (Å²) in [6.45, 7) is 0. The highest BCUT2D eigenvalue weighted by Crippen LogP contribution is 2.21. The molecule has 0 saturated heterocycles. The Labute approximate surface area is 168 Å². The summed E-state index contributed by atoms with van der Waals surface area (Å²) in [4.78, 5) is 31.5. The van der Waals surface area contributed by atoms with E-state index in [-0.39, 0.29) is 11.1 Å². The fourth-order valence-corrected chi connectivity index (χ4v) is 4.20. The van der Waals surface area contributed by atoms with E-state index < -0.39 is 5.91 Å². The molecule has 0 unspecified atom stereocenters. The molecule has 0 atom stereocenters. The predicted octanol–water partition coefficient (Wildman–Crippen LogP) is 3.48. The van der Waals surface area contributed by atoms with Crippen molar-refractivity contribution in [3.8, 4) is 0 Å². The van der Waals surface area contributed by atoms with Gasteiger partial charge in [-0.3, -0.25) is 19.1 Å². The van der Waals surface area contributed by atoms with Gasteiger partial charge in [-0.05, 0) is 11.6 Å². The summed E-state index contributed by atoms with van der Waals surface area (Å²) in [5.41, 5.74) is 2.01. The molecule has 0 aliphatic carbocycles. The monoisotopic (exact) mass is 401 g/mol. The van der Waals surface area contributed by atoms with Gasteiger partial charge in [0.2, 0.25) is 0 Å². The average Bonchev–Trinajstić information content (AvgIpc) is 3.36. The minimum atomic E-state index is -0.505. The van der Waals surface area contributed by atoms with E-state index in [0.29, 0.717) is 22.6 Å². The Balaban J connectivity index is 1.47. The van der Waals surface area contributed by atoms with Gasteiger partial charge in [-0.25, -0.2) is 4.98 Å². The van der Waals surface area contributed by atoms with Crippen LogP contribution in [0.25, 0.3) is 15.9 Å². The minimum absolute atomic E-state index is 0.0110. The highest BCUT2D eigenvalue weighted by Gasteiger charge is 2.16. The standard InChI is InChI=1S/C21H15N5O2S/c27-19(24-17-8-4-7-14-10-23-25-18(14)17)16-11-22-21-26(20(16)28)12-15(29-21)9-13-5-2-1-3-6-13/h1-8,10-12H,9H2,(H,23,25)(H,24,27). The van der Waals surface area contributed by atoms with Gasteiger partial charge < -0.3 is 5.32 Å². The summed E-state index contributed by atoms with van der Waals surface area (Å²) in [6.07, 6.45) is 5.47. The number of carbonyl (C=O) groups excluding carboxylic acids is 1. The van der Waals surface area contributed by atoms with Crippen molar-refractivity contribution in [1.29, 1.82) is 0 Å². The highest BCUT2D eigenvalue weighted by molar-refractivity contribution is 7.17. The molecule has 5 aromatic rings. The van der Waals surface area contributed by atoms with Crippen molar-refractivity contribution in [3.05, 3.63) is 93.5 Å². The maximum atomic E-state index is 12.9. The second-order valence-corrected chi connectivity index (χ2v) is 7.68. The first kappa shape index (κ1) is 17.3. The molecule has 0 aliphatic heterocycles. The van der Waals surface area contributed by atoms with Crippen LogP contribution in [0.15, 0.2) is 71.9 Å². The van der Waals surface area contributed by atoms with Crippen LogP contribution in [0.1, 0.15) is 20.8 Å². The third-order valence-corrected chi connectivity index (χ3v) is 5.64. The van der Waals surface area contributed by atoms with Gasteiger partial charge in [0.25, 0.3) is 11.5 Å². The molecule has 0 aliphatic rings. The molecule has 3 heterocycles. The van der Waals surface area contributed by atoms with Crippen LogP contribution in [0.3, 0.4) is 0 Å². The van der Waals surface area contributed by atoms with Gasteiger partial charge in [0.15, 0.2) is 4.96 Å². The lowest BCUT2D eigenvalue weighted by molar-refractivity contribution is 0.102. The van der Waals surface area contributed by atoms with Crippen LogP contribution >= 0.6 is 11.3 Å². The average molecular weight is 401 g/mol. The Morgan fingerprint density at radius 1 is 1.10 bits per heavy atom. The van der Waals surface area contributed by atoms with Crippen LogP contribution in [0, 0.1) is 0 Å². The van der Waals surface area contributed by atoms with Crippen molar-refractivity contribution in [2.45, 2.75) is 6.42 Å². The van der Waals surface area contributed by atoms with Gasteiger partial charge in [0, 0.05) is 29.1 Å². The summed E-state index contributed by atoms with van der Waals surface area (Å²) in [5.74, 6) is -0.505. The first-order valence-corrected chi connectivity index (χ1v) is 9.78. The number of anilines is 1. The van der Waals surface area contributed by atoms with Crippen molar-refractivity contribution in [1.82, 2.24) is 19.6 Å². The molecular formula is C21H15N5O2S. The lowest BCUT2D eigenvalue weighted by Crippen LogP contribution is -2.25. The smallest absolute Gasteiger partial charge is 0.271 e. The Hall–Kier alpha value is -3.78. The quantitative estimate of drug-likeness (QED) is 0.482. The topological polar surface area (TPSA) is 92.2 Å². The molecule has 2 aromatic carbocycles. The van der Waals surface area contributed by atoms with Gasteiger partial charge in [-0.1, -0.05) is 42.5 Å². The SMILES string of the molecule is O=C(Nc1cccc2cn[nH]c12)c1cnc2sc(Cc3ccccc3)cn2c1=O. The summed E-state index contributed by atoms with van der Waals surface area (Å²) in [6, 6.07) is 15.5. The number of rotatable bonds is 4. The molecule has 0 radical (unpaired) electrons. The zero-order valence-electron chi connectivity index (χ0n) is 15.1. The second kappa shape index (κ2) is 6.99. The zero-order chi connectivity index (χ0) is 19.8. The number of H-pyrrole nitrogens is 1. The van der Waals surface area contributed by atoms with Gasteiger partial charge in [0.05, 0.1) is 17.4 Å². The van der Waals surface area contributed by atoms with Crippen LogP contribution in [0.2, 0.25) is 0 Å². The maximum Gasteiger partial charge on any atom is 0.271 e. The summed E-state index contributed by atoms with van der Waals surface area (Å²) < 4.78 is 1.44. The van der Waals surface area contributed by atoms with Crippen molar-refractivity contribution in [2.24, 2.45) is 0 Å². The van der Waals surface area contributed by atoms with E-state index in [1.54, 1.807) is 18.5 Å². The molecule has 3 aromatic heterocycles. The first-order valence-electron chi connectivity index (χ1n) is 8.96. The Morgan fingerprint density at radius 2 is 1.97 bits per heavy atom. The number of fused-ring (bicyclic) bond motifs is 2. The fourth-order valence-electron chi connectivity index (χ4n) is 3.23. The number of amides is 1. The molecule has 29 heavy (non-hydrogen) atoms. The van der Waals surface area contributed by atoms with Crippen LogP contribution in [-0.4, -0.2) is 25.5 Å². The molecule has 8 heteroatoms. The number of thiazole rings is 1. The molecule has 5 rings (SSSR count). The van der Waals surface area contributed by atoms with E-state index in [0.717, 1.165) is 15.8 Å². The normalized spacial score (nSPS) is 11.2. The molecule has 142 valence electrons. The van der Waals surface area contributed by atoms with Crippen LogP contribution in [-0.2, 0) is 6.42 Å². The van der Waals surface area contributed by atoms with Crippen molar-refractivity contribution < 1.29 is 4.79 Å². The molecular weight excluding hydrogens is 386 g/mol. The lowest BCUT2D eigenvalue weighted by Gasteiger charge is -2.05. The highest BCUT2D eigenvalue weighted by atomic mass is 32.1. The van der Waals surface area contributed by atoms with Gasteiger partial charge in [0.1, 0.15) is 5.56 Å². The Kier molecular flexibility index (Phi) is 4.18. The maximum absolute atomic E-state index is 12.9. The molecule has 2 N–H and O–H groups in total. The van der Waals surface area contributed by atoms with Crippen LogP contribution in [0.5, 0.6) is 0 Å². The fraction of sp³-hybridized carbons (Fsp3) is 0.0476. The van der Waals surface area contributed by atoms with E-state index in [1.165, 1.54) is 21.9 Å².